The van der Waals surface area contributed by atoms with Gasteiger partial charge in [0.25, 0.3) is 0 Å². The first-order chi connectivity index (χ1) is 19.1. The van der Waals surface area contributed by atoms with E-state index < -0.39 is 9.84 Å². The van der Waals surface area contributed by atoms with E-state index in [1.807, 2.05) is 18.2 Å². The molecule has 5 rings (SSSR count). The van der Waals surface area contributed by atoms with E-state index in [-0.39, 0.29) is 17.6 Å². The maximum Gasteiger partial charge on any atom is 0.306 e. The predicted octanol–water partition coefficient (Wildman–Crippen LogP) is 5.50. The second-order valence-corrected chi connectivity index (χ2v) is 13.0. The Kier molecular flexibility index (Phi) is 8.08. The van der Waals surface area contributed by atoms with Crippen molar-refractivity contribution in [3.8, 4) is 28.4 Å². The second kappa shape index (κ2) is 11.5. The molecule has 0 saturated heterocycles. The first-order valence-electron chi connectivity index (χ1n) is 13.6. The van der Waals surface area contributed by atoms with Crippen molar-refractivity contribution in [2.24, 2.45) is 0 Å². The highest BCUT2D eigenvalue weighted by molar-refractivity contribution is 7.90. The Morgan fingerprint density at radius 1 is 1.00 bits per heavy atom. The van der Waals surface area contributed by atoms with Gasteiger partial charge in [-0.05, 0) is 90.3 Å². The van der Waals surface area contributed by atoms with Crippen LogP contribution in [-0.4, -0.2) is 46.7 Å². The lowest BCUT2D eigenvalue weighted by Crippen LogP contribution is -2.15. The van der Waals surface area contributed by atoms with Gasteiger partial charge in [-0.2, -0.15) is 0 Å². The van der Waals surface area contributed by atoms with E-state index in [1.165, 1.54) is 30.1 Å². The van der Waals surface area contributed by atoms with Crippen LogP contribution < -0.4 is 14.2 Å². The second-order valence-electron chi connectivity index (χ2n) is 10.8. The van der Waals surface area contributed by atoms with Gasteiger partial charge in [0.15, 0.2) is 0 Å². The number of esters is 1. The van der Waals surface area contributed by atoms with Crippen molar-refractivity contribution in [1.82, 2.24) is 0 Å². The molecule has 0 saturated carbocycles. The maximum absolute atomic E-state index is 11.7. The highest BCUT2D eigenvalue weighted by Gasteiger charge is 2.28. The van der Waals surface area contributed by atoms with Crippen molar-refractivity contribution < 1.29 is 32.2 Å². The highest BCUT2D eigenvalue weighted by atomic mass is 32.2. The molecule has 0 unspecified atom stereocenters. The Labute approximate surface area is 236 Å². The van der Waals surface area contributed by atoms with Crippen LogP contribution in [-0.2, 0) is 38.8 Å². The third-order valence-electron chi connectivity index (χ3n) is 7.79. The van der Waals surface area contributed by atoms with Crippen LogP contribution in [0.5, 0.6) is 17.2 Å². The number of hydrogen-bond acceptors (Lipinski definition) is 7. The summed E-state index contributed by atoms with van der Waals surface area (Å²) in [6.45, 7) is 5.47. The Balaban J connectivity index is 1.29. The number of fused-ring (bicyclic) bond motifs is 2. The lowest BCUT2D eigenvalue weighted by atomic mass is 9.79. The molecule has 3 aromatic carbocycles. The van der Waals surface area contributed by atoms with E-state index in [4.69, 9.17) is 18.9 Å². The van der Waals surface area contributed by atoms with Gasteiger partial charge in [-0.3, -0.25) is 4.79 Å². The SMILES string of the molecule is COC(=O)C[C@@H]1COc2cc(OCc3cc(-c4c(C)cc(OCCCS(C)(=O)=O)c5c4CC5)ccc3C)ccc21. The van der Waals surface area contributed by atoms with Gasteiger partial charge in [0.05, 0.1) is 32.5 Å². The van der Waals surface area contributed by atoms with Crippen LogP contribution >= 0.6 is 0 Å². The largest absolute Gasteiger partial charge is 0.493 e. The molecule has 7 nitrogen and oxygen atoms in total. The summed E-state index contributed by atoms with van der Waals surface area (Å²) in [4.78, 5) is 11.7. The number of hydrogen-bond donors (Lipinski definition) is 0. The molecule has 0 radical (unpaired) electrons. The summed E-state index contributed by atoms with van der Waals surface area (Å²) < 4.78 is 45.7. The molecule has 212 valence electrons. The van der Waals surface area contributed by atoms with Gasteiger partial charge >= 0.3 is 5.97 Å². The minimum atomic E-state index is -2.99. The molecule has 1 heterocycles. The van der Waals surface area contributed by atoms with Gasteiger partial charge in [0.2, 0.25) is 0 Å². The van der Waals surface area contributed by atoms with Gasteiger partial charge in [0, 0.05) is 23.8 Å². The molecule has 1 atom stereocenters. The molecular weight excluding hydrogens is 528 g/mol. The Morgan fingerprint density at radius 3 is 2.52 bits per heavy atom. The monoisotopic (exact) mass is 564 g/mol. The third-order valence-corrected chi connectivity index (χ3v) is 8.82. The fraction of sp³-hybridized carbons (Fsp3) is 0.406. The van der Waals surface area contributed by atoms with Crippen LogP contribution in [0.15, 0.2) is 42.5 Å². The van der Waals surface area contributed by atoms with Gasteiger partial charge in [0.1, 0.15) is 33.7 Å². The van der Waals surface area contributed by atoms with Gasteiger partial charge in [-0.1, -0.05) is 18.2 Å². The van der Waals surface area contributed by atoms with E-state index in [2.05, 4.69) is 38.1 Å². The molecule has 0 N–H and O–H groups in total. The van der Waals surface area contributed by atoms with E-state index in [1.54, 1.807) is 0 Å². The van der Waals surface area contributed by atoms with E-state index in [9.17, 15) is 13.2 Å². The maximum atomic E-state index is 11.7. The van der Waals surface area contributed by atoms with Gasteiger partial charge < -0.3 is 18.9 Å². The molecule has 0 amide bonds. The standard InChI is InChI=1S/C32H36O7S/c1-20-6-7-22(32-21(2)14-29(27-10-11-28(27)32)37-12-5-13-40(4,34)35)15-23(20)18-38-25-8-9-26-24(16-31(33)36-3)19-39-30(26)17-25/h6-9,14-15,17,24H,5,10-13,16,18-19H2,1-4H3/t24-/m1/s1. The predicted molar refractivity (Wildman–Crippen MR) is 154 cm³/mol. The molecule has 0 fully saturated rings. The zero-order valence-electron chi connectivity index (χ0n) is 23.5. The molecule has 8 heteroatoms. The summed E-state index contributed by atoms with van der Waals surface area (Å²) >= 11 is 0. The molecule has 0 spiro atoms. The smallest absolute Gasteiger partial charge is 0.306 e. The molecule has 0 bridgehead atoms. The zero-order chi connectivity index (χ0) is 28.4. The number of sulfone groups is 1. The van der Waals surface area contributed by atoms with Gasteiger partial charge in [-0.25, -0.2) is 8.42 Å². The van der Waals surface area contributed by atoms with Crippen molar-refractivity contribution in [3.63, 3.8) is 0 Å². The van der Waals surface area contributed by atoms with E-state index >= 15 is 0 Å². The average Bonchev–Trinajstić information content (AvgIpc) is 3.28. The summed E-state index contributed by atoms with van der Waals surface area (Å²) in [6.07, 6.45) is 4.00. The Hall–Kier alpha value is -3.52. The van der Waals surface area contributed by atoms with Crippen LogP contribution in [0.2, 0.25) is 0 Å². The number of aryl methyl sites for hydroxylation is 2. The van der Waals surface area contributed by atoms with Crippen molar-refractivity contribution in [2.75, 3.05) is 32.3 Å². The normalized spacial score (nSPS) is 15.4. The first-order valence-corrected chi connectivity index (χ1v) is 15.7. The molecule has 1 aliphatic heterocycles. The minimum Gasteiger partial charge on any atom is -0.493 e. The molecule has 2 aliphatic rings. The van der Waals surface area contributed by atoms with Crippen LogP contribution in [0, 0.1) is 13.8 Å². The van der Waals surface area contributed by atoms with Crippen molar-refractivity contribution in [1.29, 1.82) is 0 Å². The number of methoxy groups -OCH3 is 1. The van der Waals surface area contributed by atoms with Crippen LogP contribution in [0.3, 0.4) is 0 Å². The summed E-state index contributed by atoms with van der Waals surface area (Å²) in [6, 6.07) is 14.4. The number of carbonyl (C=O) groups is 1. The summed E-state index contributed by atoms with van der Waals surface area (Å²) in [5, 5.41) is 0. The van der Waals surface area contributed by atoms with Crippen molar-refractivity contribution in [2.45, 2.75) is 52.1 Å². The molecular formula is C32H36O7S. The highest BCUT2D eigenvalue weighted by Crippen LogP contribution is 2.43. The Bertz CT molecular complexity index is 1540. The zero-order valence-corrected chi connectivity index (χ0v) is 24.4. The summed E-state index contributed by atoms with van der Waals surface area (Å²) in [5.41, 5.74) is 9.35. The first kappa shape index (κ1) is 28.0. The molecule has 3 aromatic rings. The molecule has 1 aliphatic carbocycles. The van der Waals surface area contributed by atoms with Crippen LogP contribution in [0.25, 0.3) is 11.1 Å². The summed E-state index contributed by atoms with van der Waals surface area (Å²) in [5.74, 6) is 2.24. The number of carbonyl (C=O) groups excluding carboxylic acids is 1. The fourth-order valence-electron chi connectivity index (χ4n) is 5.49. The number of ether oxygens (including phenoxy) is 4. The lowest BCUT2D eigenvalue weighted by Gasteiger charge is -2.28. The van der Waals surface area contributed by atoms with E-state index in [0.29, 0.717) is 32.7 Å². The van der Waals surface area contributed by atoms with Crippen molar-refractivity contribution >= 4 is 15.8 Å². The number of rotatable bonds is 11. The third kappa shape index (κ3) is 6.12. The van der Waals surface area contributed by atoms with Crippen molar-refractivity contribution in [3.05, 3.63) is 75.8 Å². The molecule has 0 aromatic heterocycles. The van der Waals surface area contributed by atoms with Gasteiger partial charge in [-0.15, -0.1) is 0 Å². The Morgan fingerprint density at radius 2 is 1.80 bits per heavy atom. The number of benzene rings is 3. The van der Waals surface area contributed by atoms with Crippen LogP contribution in [0.1, 0.15) is 52.1 Å². The minimum absolute atomic E-state index is 0.000543. The fourth-order valence-corrected chi connectivity index (χ4v) is 6.14. The quantitative estimate of drug-likeness (QED) is 0.224. The van der Waals surface area contributed by atoms with E-state index in [0.717, 1.165) is 57.9 Å². The molecule has 40 heavy (non-hydrogen) atoms. The lowest BCUT2D eigenvalue weighted by molar-refractivity contribution is -0.141. The summed E-state index contributed by atoms with van der Waals surface area (Å²) in [7, 11) is -1.59. The topological polar surface area (TPSA) is 88.1 Å². The van der Waals surface area contributed by atoms with Crippen LogP contribution in [0.4, 0.5) is 0 Å². The average molecular weight is 565 g/mol.